The first kappa shape index (κ1) is 26.6. The molecule has 11 heteroatoms. The molecule has 0 fully saturated rings. The van der Waals surface area contributed by atoms with Gasteiger partial charge >= 0.3 is 29.6 Å². The van der Waals surface area contributed by atoms with Gasteiger partial charge in [0.2, 0.25) is 0 Å². The summed E-state index contributed by atoms with van der Waals surface area (Å²) < 4.78 is 33.8. The number of nitrogen functional groups attached to an aromatic ring is 1. The van der Waals surface area contributed by atoms with Gasteiger partial charge in [0.25, 0.3) is 10.1 Å². The third kappa shape index (κ3) is 5.02. The molecule has 9 nitrogen and oxygen atoms in total. The number of nitrogens with one attached hydrogen (secondary N) is 1. The van der Waals surface area contributed by atoms with Gasteiger partial charge in [-0.1, -0.05) is 36.4 Å². The zero-order valence-corrected chi connectivity index (χ0v) is 22.0. The number of ketones is 2. The van der Waals surface area contributed by atoms with Crippen LogP contribution in [0.25, 0.3) is 0 Å². The van der Waals surface area contributed by atoms with Crippen molar-refractivity contribution in [2.75, 3.05) is 11.1 Å². The van der Waals surface area contributed by atoms with Crippen LogP contribution in [0.1, 0.15) is 51.3 Å². The molecule has 0 amide bonds. The Bertz CT molecular complexity index is 1500. The molecule has 0 aliphatic heterocycles. The number of carbonyl (C=O) groups excluding carboxylic acids is 2. The van der Waals surface area contributed by atoms with Crippen molar-refractivity contribution in [3.8, 4) is 0 Å². The van der Waals surface area contributed by atoms with Crippen molar-refractivity contribution >= 4 is 44.6 Å². The maximum Gasteiger partial charge on any atom is 1.00 e. The van der Waals surface area contributed by atoms with Gasteiger partial charge in [-0.2, -0.15) is 8.42 Å². The molecule has 0 bridgehead atoms. The van der Waals surface area contributed by atoms with Crippen molar-refractivity contribution in [2.24, 2.45) is 4.99 Å². The molecule has 0 radical (unpaired) electrons. The summed E-state index contributed by atoms with van der Waals surface area (Å²) in [7, 11) is -4.83. The number of rotatable bonds is 5. The standard InChI is InChI=1S/C24H21N3O6S.Na/c1-12(2)26-24(30)13-6-5-7-14(10-13)27-17-11-18(34(31,32)33)21(25)20-19(17)22(28)15-8-3-4-9-16(15)23(20)29;/h3-12,27H,25H2,1-2H3,(H,26,30)(H,31,32,33);/q;+1/p-1. The van der Waals surface area contributed by atoms with Gasteiger partial charge in [0.05, 0.1) is 22.5 Å². The maximum absolute atomic E-state index is 13.3. The normalized spacial score (nSPS) is 13.2. The van der Waals surface area contributed by atoms with Crippen molar-refractivity contribution in [2.45, 2.75) is 24.8 Å². The van der Waals surface area contributed by atoms with Crippen LogP contribution < -0.4 is 45.7 Å². The Morgan fingerprint density at radius 2 is 1.60 bits per heavy atom. The SMILES string of the molecule is CC(C)N=C([O-])c1cccc(Nc2cc(S(=O)(=O)O)c(N)c3c2C(=O)c2ccccc2C3=O)c1.[Na+]. The molecule has 0 heterocycles. The van der Waals surface area contributed by atoms with E-state index in [4.69, 9.17) is 5.73 Å². The molecule has 1 aliphatic rings. The van der Waals surface area contributed by atoms with Crippen LogP contribution in [0.2, 0.25) is 0 Å². The molecular weight excluding hydrogens is 481 g/mol. The van der Waals surface area contributed by atoms with E-state index in [0.29, 0.717) is 5.69 Å². The van der Waals surface area contributed by atoms with E-state index in [9.17, 15) is 27.7 Å². The van der Waals surface area contributed by atoms with Crippen LogP contribution >= 0.6 is 0 Å². The first-order chi connectivity index (χ1) is 16.0. The molecule has 1 aliphatic carbocycles. The molecule has 0 spiro atoms. The summed E-state index contributed by atoms with van der Waals surface area (Å²) >= 11 is 0. The zero-order chi connectivity index (χ0) is 24.8. The van der Waals surface area contributed by atoms with Gasteiger partial charge in [0.1, 0.15) is 4.90 Å². The number of aliphatic imine (C=N–C) groups is 1. The molecule has 0 saturated heterocycles. The fourth-order valence-corrected chi connectivity index (χ4v) is 4.45. The van der Waals surface area contributed by atoms with E-state index in [2.05, 4.69) is 10.3 Å². The van der Waals surface area contributed by atoms with Crippen molar-refractivity contribution < 1.29 is 57.2 Å². The molecule has 35 heavy (non-hydrogen) atoms. The molecule has 174 valence electrons. The van der Waals surface area contributed by atoms with E-state index in [1.165, 1.54) is 18.2 Å². The Morgan fingerprint density at radius 1 is 1.00 bits per heavy atom. The second kappa shape index (κ2) is 9.92. The number of carbonyl (C=O) groups is 2. The summed E-state index contributed by atoms with van der Waals surface area (Å²) in [5.41, 5.74) is 5.77. The van der Waals surface area contributed by atoms with Gasteiger partial charge in [0.15, 0.2) is 11.6 Å². The fraction of sp³-hybridized carbons (Fsp3) is 0.125. The molecule has 3 aromatic rings. The molecule has 3 aromatic carbocycles. The van der Waals surface area contributed by atoms with Crippen molar-refractivity contribution in [3.05, 3.63) is 82.4 Å². The third-order valence-electron chi connectivity index (χ3n) is 5.24. The number of nitrogens with zero attached hydrogens (tertiary/aromatic N) is 1. The number of hydrogen-bond donors (Lipinski definition) is 3. The van der Waals surface area contributed by atoms with Crippen LogP contribution in [-0.4, -0.2) is 36.5 Å². The van der Waals surface area contributed by atoms with Crippen LogP contribution in [0.15, 0.2) is 64.5 Å². The first-order valence-corrected chi connectivity index (χ1v) is 11.7. The van der Waals surface area contributed by atoms with Crippen LogP contribution in [0, 0.1) is 0 Å². The summed E-state index contributed by atoms with van der Waals surface area (Å²) in [5.74, 6) is -1.63. The Morgan fingerprint density at radius 3 is 2.17 bits per heavy atom. The summed E-state index contributed by atoms with van der Waals surface area (Å²) in [6.45, 7) is 3.52. The zero-order valence-electron chi connectivity index (χ0n) is 19.2. The molecule has 4 N–H and O–H groups in total. The average Bonchev–Trinajstić information content (AvgIpc) is 2.77. The van der Waals surface area contributed by atoms with Crippen molar-refractivity contribution in [1.29, 1.82) is 0 Å². The molecule has 0 saturated carbocycles. The van der Waals surface area contributed by atoms with E-state index in [-0.39, 0.29) is 69.1 Å². The molecule has 0 atom stereocenters. The average molecular weight is 501 g/mol. The van der Waals surface area contributed by atoms with Crippen molar-refractivity contribution in [1.82, 2.24) is 0 Å². The predicted octanol–water partition coefficient (Wildman–Crippen LogP) is -0.446. The van der Waals surface area contributed by atoms with Gasteiger partial charge in [0, 0.05) is 22.9 Å². The Balaban J connectivity index is 0.00000342. The van der Waals surface area contributed by atoms with Gasteiger partial charge in [-0.15, -0.1) is 0 Å². The number of anilines is 3. The second-order valence-corrected chi connectivity index (χ2v) is 9.39. The van der Waals surface area contributed by atoms with Gasteiger partial charge in [-0.25, -0.2) is 0 Å². The van der Waals surface area contributed by atoms with Crippen LogP contribution in [0.3, 0.4) is 0 Å². The topological polar surface area (TPSA) is 162 Å². The number of benzene rings is 3. The first-order valence-electron chi connectivity index (χ1n) is 10.2. The van der Waals surface area contributed by atoms with Crippen LogP contribution in [0.5, 0.6) is 0 Å². The fourth-order valence-electron chi connectivity index (χ4n) is 3.80. The number of hydrogen-bond acceptors (Lipinski definition) is 8. The molecular formula is C24H20N3NaO6S. The monoisotopic (exact) mass is 501 g/mol. The minimum Gasteiger partial charge on any atom is -0.858 e. The third-order valence-corrected chi connectivity index (χ3v) is 6.14. The van der Waals surface area contributed by atoms with Gasteiger partial charge in [-0.3, -0.25) is 19.1 Å². The summed E-state index contributed by atoms with van der Waals surface area (Å²) in [6, 6.07) is 13.1. The van der Waals surface area contributed by atoms with Gasteiger partial charge in [-0.05, 0) is 43.5 Å². The second-order valence-electron chi connectivity index (χ2n) is 8.00. The Hall–Kier alpha value is -3.02. The smallest absolute Gasteiger partial charge is 0.858 e. The molecule has 4 rings (SSSR count). The summed E-state index contributed by atoms with van der Waals surface area (Å²) in [5, 5.41) is 15.2. The minimum atomic E-state index is -4.83. The number of nitrogens with two attached hydrogens (primary N) is 1. The molecule has 0 unspecified atom stereocenters. The largest absolute Gasteiger partial charge is 1.00 e. The van der Waals surface area contributed by atoms with Crippen molar-refractivity contribution in [3.63, 3.8) is 0 Å². The van der Waals surface area contributed by atoms with Crippen LogP contribution in [-0.2, 0) is 10.1 Å². The Kier molecular flexibility index (Phi) is 7.53. The van der Waals surface area contributed by atoms with E-state index >= 15 is 0 Å². The van der Waals surface area contributed by atoms with E-state index in [1.54, 1.807) is 44.2 Å². The summed E-state index contributed by atoms with van der Waals surface area (Å²) in [6.07, 6.45) is 0. The van der Waals surface area contributed by atoms with E-state index in [1.807, 2.05) is 0 Å². The number of fused-ring (bicyclic) bond motifs is 2. The van der Waals surface area contributed by atoms with Gasteiger partial charge < -0.3 is 16.2 Å². The van der Waals surface area contributed by atoms with E-state index in [0.717, 1.165) is 6.07 Å². The van der Waals surface area contributed by atoms with E-state index < -0.39 is 38.2 Å². The molecule has 0 aromatic heterocycles. The maximum atomic E-state index is 13.3. The minimum absolute atomic E-state index is 0. The quantitative estimate of drug-likeness (QED) is 0.109. The summed E-state index contributed by atoms with van der Waals surface area (Å²) in [4.78, 5) is 29.8. The Labute approximate surface area is 224 Å². The predicted molar refractivity (Wildman–Crippen MR) is 125 cm³/mol. The van der Waals surface area contributed by atoms with Crippen LogP contribution in [0.4, 0.5) is 17.1 Å².